The second kappa shape index (κ2) is 5.17. The molecule has 0 fully saturated rings. The first kappa shape index (κ1) is 11.9. The maximum atomic E-state index is 6.31. The summed E-state index contributed by atoms with van der Waals surface area (Å²) in [6.07, 6.45) is 2.60. The molecule has 2 aromatic heterocycles. The molecule has 0 saturated carbocycles. The third kappa shape index (κ3) is 2.97. The number of hydrogen-bond donors (Lipinski definition) is 0. The molecular weight excluding hydrogens is 261 g/mol. The number of nitrogens with zero attached hydrogens (tertiary/aromatic N) is 1. The highest BCUT2D eigenvalue weighted by Crippen LogP contribution is 2.32. The van der Waals surface area contributed by atoms with Crippen molar-refractivity contribution < 1.29 is 0 Å². The number of thiophene rings is 1. The lowest BCUT2D eigenvalue weighted by Crippen LogP contribution is -1.96. The predicted octanol–water partition coefficient (Wildman–Crippen LogP) is 4.63. The zero-order valence-corrected chi connectivity index (χ0v) is 11.1. The van der Waals surface area contributed by atoms with Crippen LogP contribution in [0.5, 0.6) is 0 Å². The highest BCUT2D eigenvalue weighted by molar-refractivity contribution is 7.16. The van der Waals surface area contributed by atoms with Gasteiger partial charge >= 0.3 is 0 Å². The minimum atomic E-state index is -0.0484. The Morgan fingerprint density at radius 2 is 2.12 bits per heavy atom. The van der Waals surface area contributed by atoms with E-state index in [-0.39, 0.29) is 5.38 Å². The van der Waals surface area contributed by atoms with Crippen molar-refractivity contribution in [1.29, 1.82) is 0 Å². The number of aryl methyl sites for hydroxylation is 1. The highest BCUT2D eigenvalue weighted by atomic mass is 35.5. The van der Waals surface area contributed by atoms with Crippen LogP contribution in [0.15, 0.2) is 30.5 Å². The molecule has 0 spiro atoms. The largest absolute Gasteiger partial charge is 0.261 e. The molecule has 0 aliphatic carbocycles. The first-order chi connectivity index (χ1) is 7.65. The number of hydrogen-bond acceptors (Lipinski definition) is 2. The molecule has 0 amide bonds. The molecule has 0 radical (unpaired) electrons. The van der Waals surface area contributed by atoms with E-state index in [2.05, 4.69) is 4.98 Å². The number of aromatic nitrogens is 1. The van der Waals surface area contributed by atoms with Gasteiger partial charge in [0.05, 0.1) is 9.71 Å². The van der Waals surface area contributed by atoms with Crippen LogP contribution in [0.4, 0.5) is 0 Å². The van der Waals surface area contributed by atoms with Gasteiger partial charge in [0.2, 0.25) is 0 Å². The molecule has 0 aromatic carbocycles. The summed E-state index contributed by atoms with van der Waals surface area (Å²) in [7, 11) is 0. The Bertz CT molecular complexity index is 464. The molecule has 1 unspecified atom stereocenters. The number of halogens is 2. The normalized spacial score (nSPS) is 12.7. The summed E-state index contributed by atoms with van der Waals surface area (Å²) < 4.78 is 0.775. The zero-order chi connectivity index (χ0) is 11.5. The van der Waals surface area contributed by atoms with Crippen LogP contribution in [0.25, 0.3) is 0 Å². The van der Waals surface area contributed by atoms with Gasteiger partial charge in [0.15, 0.2) is 0 Å². The standard InChI is InChI=1S/C12H11Cl2NS/c1-8-2-3-9(15-7-8)6-10(13)11-4-5-12(14)16-11/h2-5,7,10H,6H2,1H3. The van der Waals surface area contributed by atoms with Gasteiger partial charge in [-0.25, -0.2) is 0 Å². The summed E-state index contributed by atoms with van der Waals surface area (Å²) in [5, 5.41) is -0.0484. The van der Waals surface area contributed by atoms with Gasteiger partial charge in [0.25, 0.3) is 0 Å². The van der Waals surface area contributed by atoms with Crippen molar-refractivity contribution >= 4 is 34.5 Å². The van der Waals surface area contributed by atoms with E-state index in [0.717, 1.165) is 26.9 Å². The predicted molar refractivity (Wildman–Crippen MR) is 70.6 cm³/mol. The lowest BCUT2D eigenvalue weighted by atomic mass is 10.2. The number of pyridine rings is 1. The van der Waals surface area contributed by atoms with Crippen molar-refractivity contribution in [3.63, 3.8) is 0 Å². The maximum Gasteiger partial charge on any atom is 0.0931 e. The van der Waals surface area contributed by atoms with Gasteiger partial charge in [0, 0.05) is 23.2 Å². The van der Waals surface area contributed by atoms with Crippen molar-refractivity contribution in [1.82, 2.24) is 4.98 Å². The molecule has 16 heavy (non-hydrogen) atoms. The second-order valence-electron chi connectivity index (χ2n) is 3.64. The van der Waals surface area contributed by atoms with E-state index in [0.29, 0.717) is 0 Å². The monoisotopic (exact) mass is 271 g/mol. The van der Waals surface area contributed by atoms with Crippen LogP contribution in [-0.4, -0.2) is 4.98 Å². The van der Waals surface area contributed by atoms with E-state index in [4.69, 9.17) is 23.2 Å². The average Bonchev–Trinajstić information content (AvgIpc) is 2.68. The quantitative estimate of drug-likeness (QED) is 0.742. The SMILES string of the molecule is Cc1ccc(CC(Cl)c2ccc(Cl)s2)nc1. The molecule has 1 atom stereocenters. The van der Waals surface area contributed by atoms with Crippen LogP contribution < -0.4 is 0 Å². The van der Waals surface area contributed by atoms with Gasteiger partial charge in [-0.15, -0.1) is 22.9 Å². The lowest BCUT2D eigenvalue weighted by Gasteiger charge is -2.06. The maximum absolute atomic E-state index is 6.31. The topological polar surface area (TPSA) is 12.9 Å². The van der Waals surface area contributed by atoms with Gasteiger partial charge in [-0.1, -0.05) is 17.7 Å². The minimum absolute atomic E-state index is 0.0484. The van der Waals surface area contributed by atoms with Crippen LogP contribution >= 0.6 is 34.5 Å². The first-order valence-corrected chi connectivity index (χ1v) is 6.59. The Morgan fingerprint density at radius 1 is 1.31 bits per heavy atom. The summed E-state index contributed by atoms with van der Waals surface area (Å²) in [6.45, 7) is 2.02. The van der Waals surface area contributed by atoms with E-state index in [1.54, 1.807) is 0 Å². The van der Waals surface area contributed by atoms with Crippen molar-refractivity contribution in [3.05, 3.63) is 50.9 Å². The third-order valence-electron chi connectivity index (χ3n) is 2.26. The van der Waals surface area contributed by atoms with Gasteiger partial charge in [-0.3, -0.25) is 4.98 Å². The third-order valence-corrected chi connectivity index (χ3v) is 4.13. The molecule has 2 heterocycles. The van der Waals surface area contributed by atoms with E-state index in [9.17, 15) is 0 Å². The van der Waals surface area contributed by atoms with Crippen LogP contribution in [0.1, 0.15) is 21.5 Å². The van der Waals surface area contributed by atoms with Crippen LogP contribution in [-0.2, 0) is 6.42 Å². The van der Waals surface area contributed by atoms with Crippen LogP contribution in [0, 0.1) is 6.92 Å². The summed E-state index contributed by atoms with van der Waals surface area (Å²) in [6, 6.07) is 7.91. The summed E-state index contributed by atoms with van der Waals surface area (Å²) >= 11 is 13.7. The van der Waals surface area contributed by atoms with E-state index < -0.39 is 0 Å². The smallest absolute Gasteiger partial charge is 0.0931 e. The lowest BCUT2D eigenvalue weighted by molar-refractivity contribution is 0.894. The average molecular weight is 272 g/mol. The van der Waals surface area contributed by atoms with Gasteiger partial charge in [-0.05, 0) is 30.7 Å². The van der Waals surface area contributed by atoms with Crippen LogP contribution in [0.2, 0.25) is 4.34 Å². The highest BCUT2D eigenvalue weighted by Gasteiger charge is 2.11. The minimum Gasteiger partial charge on any atom is -0.261 e. The number of alkyl halides is 1. The molecule has 2 rings (SSSR count). The molecule has 0 aliphatic rings. The molecule has 0 bridgehead atoms. The van der Waals surface area contributed by atoms with Crippen molar-refractivity contribution in [2.24, 2.45) is 0 Å². The molecular formula is C12H11Cl2NS. The molecule has 4 heteroatoms. The fourth-order valence-corrected chi connectivity index (χ4v) is 2.80. The fraction of sp³-hybridized carbons (Fsp3) is 0.250. The summed E-state index contributed by atoms with van der Waals surface area (Å²) in [5.41, 5.74) is 2.17. The van der Waals surface area contributed by atoms with Gasteiger partial charge in [-0.2, -0.15) is 0 Å². The summed E-state index contributed by atoms with van der Waals surface area (Å²) in [4.78, 5) is 5.43. The van der Waals surface area contributed by atoms with Gasteiger partial charge in [0.1, 0.15) is 0 Å². The Labute approximate surface area is 109 Å². The van der Waals surface area contributed by atoms with Crippen LogP contribution in [0.3, 0.4) is 0 Å². The Balaban J connectivity index is 2.07. The summed E-state index contributed by atoms with van der Waals surface area (Å²) in [5.74, 6) is 0. The fourth-order valence-electron chi connectivity index (χ4n) is 1.40. The van der Waals surface area contributed by atoms with Crippen molar-refractivity contribution in [2.75, 3.05) is 0 Å². The second-order valence-corrected chi connectivity index (χ2v) is 5.91. The Morgan fingerprint density at radius 3 is 2.69 bits per heavy atom. The Kier molecular flexibility index (Phi) is 3.85. The first-order valence-electron chi connectivity index (χ1n) is 4.96. The van der Waals surface area contributed by atoms with Crippen molar-refractivity contribution in [3.8, 4) is 0 Å². The van der Waals surface area contributed by atoms with E-state index >= 15 is 0 Å². The van der Waals surface area contributed by atoms with Crippen molar-refractivity contribution in [2.45, 2.75) is 18.7 Å². The zero-order valence-electron chi connectivity index (χ0n) is 8.78. The van der Waals surface area contributed by atoms with E-state index in [1.165, 1.54) is 11.3 Å². The molecule has 1 nitrogen and oxygen atoms in total. The molecule has 2 aromatic rings. The molecule has 84 valence electrons. The Hall–Kier alpha value is -0.570. The molecule has 0 aliphatic heterocycles. The molecule has 0 saturated heterocycles. The van der Waals surface area contributed by atoms with Gasteiger partial charge < -0.3 is 0 Å². The van der Waals surface area contributed by atoms with E-state index in [1.807, 2.05) is 37.4 Å². The molecule has 0 N–H and O–H groups in total. The number of rotatable bonds is 3.